The van der Waals surface area contributed by atoms with E-state index in [9.17, 15) is 14.4 Å². The predicted molar refractivity (Wildman–Crippen MR) is 115 cm³/mol. The van der Waals surface area contributed by atoms with Gasteiger partial charge in [-0.05, 0) is 43.3 Å². The highest BCUT2D eigenvalue weighted by Crippen LogP contribution is 2.32. The third-order valence-electron chi connectivity index (χ3n) is 4.90. The number of ether oxygens (including phenoxy) is 2. The summed E-state index contributed by atoms with van der Waals surface area (Å²) in [6.07, 6.45) is 1.85. The Balaban J connectivity index is 1.48. The maximum Gasteiger partial charge on any atom is 0.338 e. The van der Waals surface area contributed by atoms with Crippen LogP contribution < -0.4 is 15.0 Å². The summed E-state index contributed by atoms with van der Waals surface area (Å²) in [4.78, 5) is 39.0. The molecule has 0 spiro atoms. The first-order valence-corrected chi connectivity index (χ1v) is 10.2. The van der Waals surface area contributed by atoms with Gasteiger partial charge in [-0.2, -0.15) is 0 Å². The van der Waals surface area contributed by atoms with Gasteiger partial charge in [0.25, 0.3) is 5.91 Å². The van der Waals surface area contributed by atoms with Crippen LogP contribution in [0.25, 0.3) is 6.08 Å². The Morgan fingerprint density at radius 3 is 2.90 bits per heavy atom. The van der Waals surface area contributed by atoms with Gasteiger partial charge in [0.2, 0.25) is 5.91 Å². The fourth-order valence-electron chi connectivity index (χ4n) is 3.52. The minimum absolute atomic E-state index is 0.0724. The molecule has 1 N–H and O–H groups in total. The van der Waals surface area contributed by atoms with Crippen molar-refractivity contribution in [2.45, 2.75) is 19.4 Å². The molecule has 2 heterocycles. The largest absolute Gasteiger partial charge is 0.488 e. The summed E-state index contributed by atoms with van der Waals surface area (Å²) in [5.74, 6) is -0.506. The molecule has 0 saturated carbocycles. The second-order valence-electron chi connectivity index (χ2n) is 7.10. The van der Waals surface area contributed by atoms with E-state index in [-0.39, 0.29) is 25.0 Å². The van der Waals surface area contributed by atoms with E-state index in [0.29, 0.717) is 22.7 Å². The lowest BCUT2D eigenvalue weighted by atomic mass is 10.1. The molecule has 0 fully saturated rings. The standard InChI is InChI=1S/C22H19BrN2O5/c1-13-8-20(26)24-17-4-2-3-5-18(17)25(13)21(27)12-30-22(28)15-9-14-10-16(23)6-7-19(14)29-11-15/h2-7,9-10,13H,8,11-12H2,1H3,(H,24,26). The topological polar surface area (TPSA) is 84.9 Å². The molecule has 2 amide bonds. The van der Waals surface area contributed by atoms with Crippen molar-refractivity contribution in [3.63, 3.8) is 0 Å². The molecule has 4 rings (SSSR count). The molecular formula is C22H19BrN2O5. The lowest BCUT2D eigenvalue weighted by Gasteiger charge is -2.27. The third kappa shape index (κ3) is 4.09. The van der Waals surface area contributed by atoms with Crippen LogP contribution in [0.4, 0.5) is 11.4 Å². The van der Waals surface area contributed by atoms with Crippen LogP contribution >= 0.6 is 15.9 Å². The number of nitrogens with one attached hydrogen (secondary N) is 1. The average molecular weight is 471 g/mol. The SMILES string of the molecule is CC1CC(=O)Nc2ccccc2N1C(=O)COC(=O)C1=Cc2cc(Br)ccc2OC1. The molecule has 1 unspecified atom stereocenters. The van der Waals surface area contributed by atoms with Crippen LogP contribution in [0.3, 0.4) is 0 Å². The number of halogens is 1. The normalized spacial score (nSPS) is 17.5. The van der Waals surface area contributed by atoms with E-state index in [1.165, 1.54) is 4.90 Å². The zero-order valence-corrected chi connectivity index (χ0v) is 17.8. The Hall–Kier alpha value is -3.13. The first-order chi connectivity index (χ1) is 14.4. The number of amides is 2. The molecule has 2 aliphatic heterocycles. The molecule has 2 aromatic rings. The van der Waals surface area contributed by atoms with Gasteiger partial charge in [0.05, 0.1) is 16.9 Å². The van der Waals surface area contributed by atoms with Gasteiger partial charge < -0.3 is 19.7 Å². The number of anilines is 2. The van der Waals surface area contributed by atoms with E-state index < -0.39 is 18.5 Å². The van der Waals surface area contributed by atoms with Crippen LogP contribution in [0.2, 0.25) is 0 Å². The van der Waals surface area contributed by atoms with Crippen molar-refractivity contribution in [3.05, 3.63) is 58.1 Å². The predicted octanol–water partition coefficient (Wildman–Crippen LogP) is 3.53. The van der Waals surface area contributed by atoms with Crippen molar-refractivity contribution in [1.29, 1.82) is 0 Å². The van der Waals surface area contributed by atoms with E-state index in [4.69, 9.17) is 9.47 Å². The first-order valence-electron chi connectivity index (χ1n) is 9.43. The number of hydrogen-bond donors (Lipinski definition) is 1. The van der Waals surface area contributed by atoms with Crippen molar-refractivity contribution < 1.29 is 23.9 Å². The number of carbonyl (C=O) groups excluding carboxylic acids is 3. The molecule has 7 nitrogen and oxygen atoms in total. The van der Waals surface area contributed by atoms with Gasteiger partial charge in [-0.3, -0.25) is 9.59 Å². The summed E-state index contributed by atoms with van der Waals surface area (Å²) in [5.41, 5.74) is 2.22. The summed E-state index contributed by atoms with van der Waals surface area (Å²) >= 11 is 3.39. The van der Waals surface area contributed by atoms with E-state index in [1.54, 1.807) is 37.3 Å². The van der Waals surface area contributed by atoms with Gasteiger partial charge in [-0.15, -0.1) is 0 Å². The first kappa shape index (κ1) is 20.2. The van der Waals surface area contributed by atoms with Crippen molar-refractivity contribution in [2.75, 3.05) is 23.4 Å². The third-order valence-corrected chi connectivity index (χ3v) is 5.39. The molecule has 2 aliphatic rings. The fraction of sp³-hybridized carbons (Fsp3) is 0.227. The van der Waals surface area contributed by atoms with E-state index >= 15 is 0 Å². The molecule has 154 valence electrons. The Kier molecular flexibility index (Phi) is 5.59. The maximum absolute atomic E-state index is 12.9. The van der Waals surface area contributed by atoms with Gasteiger partial charge in [0.1, 0.15) is 12.4 Å². The van der Waals surface area contributed by atoms with Crippen LogP contribution in [0, 0.1) is 0 Å². The summed E-state index contributed by atoms with van der Waals surface area (Å²) in [6, 6.07) is 12.2. The van der Waals surface area contributed by atoms with Crippen LogP contribution in [0.15, 0.2) is 52.5 Å². The summed E-state index contributed by atoms with van der Waals surface area (Å²) in [7, 11) is 0. The Labute approximate surface area is 181 Å². The second kappa shape index (κ2) is 8.31. The number of benzene rings is 2. The Morgan fingerprint density at radius 2 is 2.07 bits per heavy atom. The van der Waals surface area contributed by atoms with Crippen LogP contribution in [0.1, 0.15) is 18.9 Å². The maximum atomic E-state index is 12.9. The minimum Gasteiger partial charge on any atom is -0.488 e. The minimum atomic E-state index is -0.612. The van der Waals surface area contributed by atoms with Gasteiger partial charge in [-0.1, -0.05) is 28.1 Å². The smallest absolute Gasteiger partial charge is 0.338 e. The summed E-state index contributed by atoms with van der Waals surface area (Å²) < 4.78 is 11.7. The Morgan fingerprint density at radius 1 is 1.27 bits per heavy atom. The molecule has 0 aromatic heterocycles. The number of rotatable bonds is 3. The molecule has 8 heteroatoms. The van der Waals surface area contributed by atoms with Crippen molar-refractivity contribution in [2.24, 2.45) is 0 Å². The van der Waals surface area contributed by atoms with E-state index in [2.05, 4.69) is 21.2 Å². The zero-order chi connectivity index (χ0) is 21.3. The zero-order valence-electron chi connectivity index (χ0n) is 16.2. The number of carbonyl (C=O) groups is 3. The summed E-state index contributed by atoms with van der Waals surface area (Å²) in [5, 5.41) is 2.80. The quantitative estimate of drug-likeness (QED) is 0.693. The number of fused-ring (bicyclic) bond motifs is 2. The molecule has 30 heavy (non-hydrogen) atoms. The van der Waals surface area contributed by atoms with Gasteiger partial charge in [0, 0.05) is 22.5 Å². The average Bonchev–Trinajstić information content (AvgIpc) is 2.85. The number of para-hydroxylation sites is 2. The lowest BCUT2D eigenvalue weighted by molar-refractivity contribution is -0.144. The monoisotopic (exact) mass is 470 g/mol. The van der Waals surface area contributed by atoms with Gasteiger partial charge >= 0.3 is 5.97 Å². The highest BCUT2D eigenvalue weighted by molar-refractivity contribution is 9.10. The lowest BCUT2D eigenvalue weighted by Crippen LogP contribution is -2.41. The highest BCUT2D eigenvalue weighted by Gasteiger charge is 2.30. The second-order valence-corrected chi connectivity index (χ2v) is 8.01. The molecule has 0 aliphatic carbocycles. The van der Waals surface area contributed by atoms with Gasteiger partial charge in [0.15, 0.2) is 6.61 Å². The van der Waals surface area contributed by atoms with Crippen LogP contribution in [-0.4, -0.2) is 37.0 Å². The van der Waals surface area contributed by atoms with Gasteiger partial charge in [-0.25, -0.2) is 4.79 Å². The number of esters is 1. The van der Waals surface area contributed by atoms with Crippen molar-refractivity contribution >= 4 is 51.2 Å². The van der Waals surface area contributed by atoms with Crippen LogP contribution in [0.5, 0.6) is 5.75 Å². The molecule has 0 radical (unpaired) electrons. The molecule has 0 saturated heterocycles. The summed E-state index contributed by atoms with van der Waals surface area (Å²) in [6.45, 7) is 1.42. The highest BCUT2D eigenvalue weighted by atomic mass is 79.9. The van der Waals surface area contributed by atoms with E-state index in [0.717, 1.165) is 10.0 Å². The van der Waals surface area contributed by atoms with Crippen molar-refractivity contribution in [1.82, 2.24) is 0 Å². The Bertz CT molecular complexity index is 1070. The molecule has 0 bridgehead atoms. The number of nitrogens with zero attached hydrogens (tertiary/aromatic N) is 1. The van der Waals surface area contributed by atoms with Crippen LogP contribution in [-0.2, 0) is 19.1 Å². The van der Waals surface area contributed by atoms with E-state index in [1.807, 2.05) is 18.2 Å². The molecule has 1 atom stereocenters. The fourth-order valence-corrected chi connectivity index (χ4v) is 3.90. The molecular weight excluding hydrogens is 452 g/mol. The van der Waals surface area contributed by atoms with Crippen molar-refractivity contribution in [3.8, 4) is 5.75 Å². The molecule has 2 aromatic carbocycles. The number of hydrogen-bond acceptors (Lipinski definition) is 5.